The van der Waals surface area contributed by atoms with Gasteiger partial charge in [-0.1, -0.05) is 24.3 Å². The number of hydrogen-bond donors (Lipinski definition) is 3. The van der Waals surface area contributed by atoms with Gasteiger partial charge in [0.2, 0.25) is 6.41 Å². The van der Waals surface area contributed by atoms with Crippen molar-refractivity contribution in [2.75, 3.05) is 18.2 Å². The molecule has 9 nitrogen and oxygen atoms in total. The Bertz CT molecular complexity index is 1240. The molecule has 4 aromatic rings. The van der Waals surface area contributed by atoms with Crippen molar-refractivity contribution < 1.29 is 9.53 Å². The number of benzene rings is 2. The van der Waals surface area contributed by atoms with Crippen LogP contribution in [0.2, 0.25) is 0 Å². The maximum atomic E-state index is 12.7. The summed E-state index contributed by atoms with van der Waals surface area (Å²) in [7, 11) is 1.52. The topological polar surface area (TPSA) is 128 Å². The Morgan fingerprint density at radius 3 is 2.75 bits per heavy atom. The fourth-order valence-electron chi connectivity index (χ4n) is 2.99. The molecule has 0 aliphatic heterocycles. The minimum Gasteiger partial charge on any atom is -0.495 e. The summed E-state index contributed by atoms with van der Waals surface area (Å²) in [6.45, 7) is 0. The number of aromatic amines is 1. The van der Waals surface area contributed by atoms with Crippen LogP contribution in [0.3, 0.4) is 0 Å². The number of nitrogens with two attached hydrogens (primary N) is 1. The lowest BCUT2D eigenvalue weighted by Gasteiger charge is -2.10. The highest BCUT2D eigenvalue weighted by Gasteiger charge is 2.19. The van der Waals surface area contributed by atoms with Crippen LogP contribution in [0.15, 0.2) is 53.3 Å². The highest BCUT2D eigenvalue weighted by atomic mass is 16.5. The number of ether oxygens (including phenoxy) is 1. The van der Waals surface area contributed by atoms with Crippen molar-refractivity contribution >= 4 is 29.1 Å². The van der Waals surface area contributed by atoms with E-state index < -0.39 is 5.69 Å². The van der Waals surface area contributed by atoms with Gasteiger partial charge in [-0.05, 0) is 24.3 Å². The normalized spacial score (nSPS) is 10.8. The molecule has 2 heterocycles. The van der Waals surface area contributed by atoms with Crippen molar-refractivity contribution in [3.8, 4) is 22.8 Å². The van der Waals surface area contributed by atoms with E-state index in [9.17, 15) is 9.59 Å². The lowest BCUT2D eigenvalue weighted by Crippen LogP contribution is -2.15. The predicted molar refractivity (Wildman–Crippen MR) is 106 cm³/mol. The Morgan fingerprint density at radius 1 is 1.18 bits per heavy atom. The molecule has 1 amide bonds. The number of fused-ring (bicyclic) bond motifs is 1. The van der Waals surface area contributed by atoms with E-state index in [-0.39, 0.29) is 5.82 Å². The number of imidazole rings is 1. The van der Waals surface area contributed by atoms with Gasteiger partial charge in [0.15, 0.2) is 17.3 Å². The summed E-state index contributed by atoms with van der Waals surface area (Å²) in [6, 6.07) is 14.1. The number of carbonyl (C=O) groups excluding carboxylic acids is 1. The lowest BCUT2D eigenvalue weighted by atomic mass is 10.2. The van der Waals surface area contributed by atoms with Crippen molar-refractivity contribution in [1.29, 1.82) is 0 Å². The summed E-state index contributed by atoms with van der Waals surface area (Å²) < 4.78 is 6.75. The number of amides is 1. The number of hydrogen-bond acceptors (Lipinski definition) is 6. The minimum absolute atomic E-state index is 0.183. The first-order valence-corrected chi connectivity index (χ1v) is 8.34. The number of nitrogens with zero attached hydrogens (tertiary/aromatic N) is 3. The van der Waals surface area contributed by atoms with E-state index in [1.54, 1.807) is 48.5 Å². The first kappa shape index (κ1) is 17.3. The molecular formula is C19H16N6O3. The Balaban J connectivity index is 2.06. The van der Waals surface area contributed by atoms with Crippen LogP contribution in [0, 0.1) is 0 Å². The summed E-state index contributed by atoms with van der Waals surface area (Å²) >= 11 is 0. The predicted octanol–water partition coefficient (Wildman–Crippen LogP) is 1.93. The van der Waals surface area contributed by atoms with E-state index in [2.05, 4.69) is 20.3 Å². The zero-order valence-electron chi connectivity index (χ0n) is 14.8. The summed E-state index contributed by atoms with van der Waals surface area (Å²) in [5.41, 5.74) is 7.73. The molecule has 0 saturated heterocycles. The highest BCUT2D eigenvalue weighted by Crippen LogP contribution is 2.28. The number of methoxy groups -OCH3 is 1. The largest absolute Gasteiger partial charge is 0.495 e. The molecular weight excluding hydrogens is 360 g/mol. The number of nitrogens with one attached hydrogen (secondary N) is 2. The smallest absolute Gasteiger partial charge is 0.332 e. The quantitative estimate of drug-likeness (QED) is 0.361. The molecule has 0 radical (unpaired) electrons. The van der Waals surface area contributed by atoms with Gasteiger partial charge in [-0.3, -0.25) is 4.79 Å². The number of anilines is 2. The van der Waals surface area contributed by atoms with Crippen LogP contribution >= 0.6 is 0 Å². The molecule has 4 rings (SSSR count). The van der Waals surface area contributed by atoms with Gasteiger partial charge in [0.1, 0.15) is 11.3 Å². The number of aromatic nitrogens is 4. The second kappa shape index (κ2) is 6.88. The van der Waals surface area contributed by atoms with E-state index in [1.165, 1.54) is 11.7 Å². The zero-order valence-corrected chi connectivity index (χ0v) is 14.8. The minimum atomic E-state index is -0.438. The van der Waals surface area contributed by atoms with Crippen molar-refractivity contribution in [3.63, 3.8) is 0 Å². The summed E-state index contributed by atoms with van der Waals surface area (Å²) in [5.74, 6) is 0.995. The van der Waals surface area contributed by atoms with Crippen molar-refractivity contribution in [2.24, 2.45) is 0 Å². The van der Waals surface area contributed by atoms with Crippen molar-refractivity contribution in [3.05, 3.63) is 59.0 Å². The molecule has 0 aliphatic carbocycles. The second-order valence-corrected chi connectivity index (χ2v) is 5.92. The Labute approximate surface area is 158 Å². The van der Waals surface area contributed by atoms with Gasteiger partial charge in [0.25, 0.3) is 0 Å². The van der Waals surface area contributed by atoms with E-state index >= 15 is 0 Å². The standard InChI is InChI=1S/C19H16N6O3/c1-28-14-8-3-2-7-13(14)25-18-15(22-19(25)27)17(21-10-26)23-16(24-18)11-5-4-6-12(20)9-11/h2-10H,20H2,1H3,(H,22,27)(H,21,23,24,26). The first-order chi connectivity index (χ1) is 13.6. The fourth-order valence-corrected chi connectivity index (χ4v) is 2.99. The molecule has 28 heavy (non-hydrogen) atoms. The van der Waals surface area contributed by atoms with Crippen LogP contribution < -0.4 is 21.5 Å². The molecule has 4 N–H and O–H groups in total. The summed E-state index contributed by atoms with van der Waals surface area (Å²) in [6.07, 6.45) is 0.490. The van der Waals surface area contributed by atoms with Crippen LogP contribution in [0.25, 0.3) is 28.2 Å². The Morgan fingerprint density at radius 2 is 2.00 bits per heavy atom. The van der Waals surface area contributed by atoms with Gasteiger partial charge < -0.3 is 20.8 Å². The molecule has 140 valence electrons. The van der Waals surface area contributed by atoms with Gasteiger partial charge in [0.05, 0.1) is 12.8 Å². The Kier molecular flexibility index (Phi) is 4.24. The second-order valence-electron chi connectivity index (χ2n) is 5.92. The molecule has 0 atom stereocenters. The SMILES string of the molecule is COc1ccccc1-n1c(=O)[nH]c2c(NC=O)nc(-c3cccc(N)c3)nc21. The van der Waals surface area contributed by atoms with E-state index in [1.807, 2.05) is 0 Å². The van der Waals surface area contributed by atoms with Gasteiger partial charge >= 0.3 is 5.69 Å². The fraction of sp³-hybridized carbons (Fsp3) is 0.0526. The maximum Gasteiger partial charge on any atom is 0.332 e. The van der Waals surface area contributed by atoms with Crippen molar-refractivity contribution in [1.82, 2.24) is 19.5 Å². The molecule has 2 aromatic heterocycles. The summed E-state index contributed by atoms with van der Waals surface area (Å²) in [4.78, 5) is 35.4. The van der Waals surface area contributed by atoms with Gasteiger partial charge in [-0.15, -0.1) is 0 Å². The first-order valence-electron chi connectivity index (χ1n) is 8.34. The third kappa shape index (κ3) is 2.84. The van der Waals surface area contributed by atoms with E-state index in [4.69, 9.17) is 10.5 Å². The van der Waals surface area contributed by atoms with Crippen LogP contribution in [0.4, 0.5) is 11.5 Å². The third-order valence-electron chi connectivity index (χ3n) is 4.20. The van der Waals surface area contributed by atoms with Crippen molar-refractivity contribution in [2.45, 2.75) is 0 Å². The van der Waals surface area contributed by atoms with E-state index in [0.717, 1.165) is 0 Å². The molecule has 9 heteroatoms. The third-order valence-corrected chi connectivity index (χ3v) is 4.20. The number of H-pyrrole nitrogens is 1. The molecule has 2 aromatic carbocycles. The molecule has 0 unspecified atom stereocenters. The Hall–Kier alpha value is -4.14. The monoisotopic (exact) mass is 376 g/mol. The van der Waals surface area contributed by atoms with Crippen LogP contribution in [-0.4, -0.2) is 33.0 Å². The number of rotatable bonds is 5. The van der Waals surface area contributed by atoms with Crippen LogP contribution in [0.1, 0.15) is 0 Å². The zero-order chi connectivity index (χ0) is 19.7. The van der Waals surface area contributed by atoms with E-state index in [0.29, 0.717) is 46.1 Å². The lowest BCUT2D eigenvalue weighted by molar-refractivity contribution is -0.105. The van der Waals surface area contributed by atoms with Crippen LogP contribution in [-0.2, 0) is 4.79 Å². The van der Waals surface area contributed by atoms with Gasteiger partial charge in [-0.2, -0.15) is 0 Å². The summed E-state index contributed by atoms with van der Waals surface area (Å²) in [5, 5.41) is 2.52. The van der Waals surface area contributed by atoms with Crippen LogP contribution in [0.5, 0.6) is 5.75 Å². The van der Waals surface area contributed by atoms with Gasteiger partial charge in [-0.25, -0.2) is 19.3 Å². The molecule has 0 saturated carbocycles. The average Bonchev–Trinajstić information content (AvgIpc) is 3.04. The number of para-hydroxylation sites is 2. The molecule has 0 aliphatic rings. The molecule has 0 bridgehead atoms. The molecule has 0 fully saturated rings. The number of carbonyl (C=O) groups is 1. The van der Waals surface area contributed by atoms with Gasteiger partial charge in [0, 0.05) is 11.3 Å². The number of nitrogen functional groups attached to an aromatic ring is 1. The maximum absolute atomic E-state index is 12.7. The highest BCUT2D eigenvalue weighted by molar-refractivity contribution is 5.91. The average molecular weight is 376 g/mol. The molecule has 0 spiro atoms.